The highest BCUT2D eigenvalue weighted by molar-refractivity contribution is 14.1. The summed E-state index contributed by atoms with van der Waals surface area (Å²) in [7, 11) is 0. The third-order valence-electron chi connectivity index (χ3n) is 2.93. The van der Waals surface area contributed by atoms with Crippen LogP contribution in [0.2, 0.25) is 5.02 Å². The summed E-state index contributed by atoms with van der Waals surface area (Å²) in [6.07, 6.45) is 0.763. The van der Waals surface area contributed by atoms with Crippen molar-refractivity contribution in [3.8, 4) is 0 Å². The van der Waals surface area contributed by atoms with Crippen molar-refractivity contribution in [1.82, 2.24) is 0 Å². The van der Waals surface area contributed by atoms with Crippen LogP contribution >= 0.6 is 34.2 Å². The van der Waals surface area contributed by atoms with Crippen LogP contribution < -0.4 is 5.73 Å². The van der Waals surface area contributed by atoms with Gasteiger partial charge in [0.15, 0.2) is 0 Å². The first-order valence-electron chi connectivity index (χ1n) is 5.82. The second kappa shape index (κ2) is 6.04. The van der Waals surface area contributed by atoms with Gasteiger partial charge in [-0.1, -0.05) is 35.9 Å². The Labute approximate surface area is 126 Å². The fraction of sp³-hybridized carbons (Fsp3) is 0.200. The topological polar surface area (TPSA) is 26.0 Å². The molecule has 1 atom stereocenters. The smallest absolute Gasteiger partial charge is 0.0441 e. The Kier molecular flexibility index (Phi) is 4.65. The second-order valence-electron chi connectivity index (χ2n) is 4.46. The van der Waals surface area contributed by atoms with Crippen molar-refractivity contribution >= 4 is 34.2 Å². The van der Waals surface area contributed by atoms with E-state index in [0.717, 1.165) is 22.6 Å². The molecule has 1 nitrogen and oxygen atoms in total. The summed E-state index contributed by atoms with van der Waals surface area (Å²) in [5.74, 6) is 0. The molecule has 2 N–H and O–H groups in total. The van der Waals surface area contributed by atoms with Crippen molar-refractivity contribution in [2.24, 2.45) is 5.73 Å². The van der Waals surface area contributed by atoms with Gasteiger partial charge in [0.1, 0.15) is 0 Å². The second-order valence-corrected chi connectivity index (χ2v) is 6.11. The quantitative estimate of drug-likeness (QED) is 0.790. The number of rotatable bonds is 3. The molecule has 0 saturated carbocycles. The Bertz CT molecular complexity index is 554. The Morgan fingerprint density at radius 2 is 2.00 bits per heavy atom. The van der Waals surface area contributed by atoms with Crippen molar-refractivity contribution in [2.75, 3.05) is 0 Å². The van der Waals surface area contributed by atoms with Crippen molar-refractivity contribution in [1.29, 1.82) is 0 Å². The molecule has 0 aromatic heterocycles. The van der Waals surface area contributed by atoms with Gasteiger partial charge in [0.05, 0.1) is 0 Å². The van der Waals surface area contributed by atoms with E-state index in [1.54, 1.807) is 0 Å². The lowest BCUT2D eigenvalue weighted by molar-refractivity contribution is 0.721. The van der Waals surface area contributed by atoms with E-state index in [-0.39, 0.29) is 6.04 Å². The third-order valence-corrected chi connectivity index (χ3v) is 3.95. The lowest BCUT2D eigenvalue weighted by Crippen LogP contribution is -2.13. The highest BCUT2D eigenvalue weighted by Crippen LogP contribution is 2.24. The van der Waals surface area contributed by atoms with Crippen LogP contribution in [-0.4, -0.2) is 0 Å². The van der Waals surface area contributed by atoms with E-state index in [0.29, 0.717) is 0 Å². The maximum Gasteiger partial charge on any atom is 0.0441 e. The molecule has 94 valence electrons. The third kappa shape index (κ3) is 3.46. The lowest BCUT2D eigenvalue weighted by atomic mass is 9.99. The van der Waals surface area contributed by atoms with Crippen LogP contribution in [0.5, 0.6) is 0 Å². The summed E-state index contributed by atoms with van der Waals surface area (Å²) < 4.78 is 1.20. The minimum absolute atomic E-state index is 0.0140. The number of benzene rings is 2. The molecule has 0 saturated heterocycles. The van der Waals surface area contributed by atoms with Gasteiger partial charge in [-0.2, -0.15) is 0 Å². The van der Waals surface area contributed by atoms with Crippen molar-refractivity contribution in [3.63, 3.8) is 0 Å². The molecule has 0 aliphatic rings. The molecule has 0 bridgehead atoms. The number of halogens is 2. The molecule has 1 unspecified atom stereocenters. The zero-order valence-electron chi connectivity index (χ0n) is 10.2. The SMILES string of the molecule is Cc1ccc(CC(N)c2cccc(I)c2)c(Cl)c1. The molecular weight excluding hydrogens is 357 g/mol. The van der Waals surface area contributed by atoms with E-state index < -0.39 is 0 Å². The molecule has 0 aliphatic heterocycles. The van der Waals surface area contributed by atoms with Crippen LogP contribution in [-0.2, 0) is 6.42 Å². The van der Waals surface area contributed by atoms with Crippen LogP contribution in [0, 0.1) is 10.5 Å². The maximum absolute atomic E-state index is 6.24. The van der Waals surface area contributed by atoms with Crippen molar-refractivity contribution in [2.45, 2.75) is 19.4 Å². The van der Waals surface area contributed by atoms with Gasteiger partial charge in [-0.3, -0.25) is 0 Å². The van der Waals surface area contributed by atoms with Gasteiger partial charge in [-0.25, -0.2) is 0 Å². The van der Waals surface area contributed by atoms with Crippen molar-refractivity contribution in [3.05, 3.63) is 67.7 Å². The van der Waals surface area contributed by atoms with Crippen LogP contribution in [0.1, 0.15) is 22.7 Å². The molecule has 0 heterocycles. The number of hydrogen-bond acceptors (Lipinski definition) is 1. The predicted molar refractivity (Wildman–Crippen MR) is 86.0 cm³/mol. The molecule has 0 spiro atoms. The van der Waals surface area contributed by atoms with Crippen LogP contribution in [0.3, 0.4) is 0 Å². The van der Waals surface area contributed by atoms with E-state index in [1.807, 2.05) is 19.1 Å². The summed E-state index contributed by atoms with van der Waals surface area (Å²) in [4.78, 5) is 0. The molecule has 2 aromatic carbocycles. The summed E-state index contributed by atoms with van der Waals surface area (Å²) in [5, 5.41) is 0.802. The minimum atomic E-state index is -0.0140. The fourth-order valence-corrected chi connectivity index (χ4v) is 2.79. The number of nitrogens with two attached hydrogens (primary N) is 1. The molecule has 0 aliphatic carbocycles. The Morgan fingerprint density at radius 3 is 2.67 bits per heavy atom. The van der Waals surface area contributed by atoms with Gasteiger partial charge < -0.3 is 5.73 Å². The molecule has 2 aromatic rings. The standard InChI is InChI=1S/C15H15ClIN/c1-10-5-6-11(14(16)7-10)9-15(18)12-3-2-4-13(17)8-12/h2-8,15H,9,18H2,1H3. The first-order valence-corrected chi connectivity index (χ1v) is 7.28. The van der Waals surface area contributed by atoms with Crippen molar-refractivity contribution < 1.29 is 0 Å². The first kappa shape index (κ1) is 13.8. The van der Waals surface area contributed by atoms with Gasteiger partial charge in [0.25, 0.3) is 0 Å². The van der Waals surface area contributed by atoms with Crippen LogP contribution in [0.15, 0.2) is 42.5 Å². The molecule has 0 fully saturated rings. The molecule has 2 rings (SSSR count). The van der Waals surface area contributed by atoms with Gasteiger partial charge in [0, 0.05) is 14.6 Å². The van der Waals surface area contributed by atoms with E-state index >= 15 is 0 Å². The predicted octanol–water partition coefficient (Wildman–Crippen LogP) is 4.50. The monoisotopic (exact) mass is 371 g/mol. The zero-order chi connectivity index (χ0) is 13.1. The van der Waals surface area contributed by atoms with Crippen LogP contribution in [0.4, 0.5) is 0 Å². The summed E-state index contributed by atoms with van der Waals surface area (Å²) in [5.41, 5.74) is 9.67. The fourth-order valence-electron chi connectivity index (χ4n) is 1.91. The van der Waals surface area contributed by atoms with Gasteiger partial charge in [0.2, 0.25) is 0 Å². The Morgan fingerprint density at radius 1 is 1.22 bits per heavy atom. The van der Waals surface area contributed by atoms with Gasteiger partial charge in [-0.15, -0.1) is 0 Å². The van der Waals surface area contributed by atoms with Crippen LogP contribution in [0.25, 0.3) is 0 Å². The highest BCUT2D eigenvalue weighted by Gasteiger charge is 2.10. The molecular formula is C15H15ClIN. The minimum Gasteiger partial charge on any atom is -0.324 e. The summed E-state index contributed by atoms with van der Waals surface area (Å²) in [6.45, 7) is 2.04. The lowest BCUT2D eigenvalue weighted by Gasteiger charge is -2.14. The van der Waals surface area contributed by atoms with E-state index in [9.17, 15) is 0 Å². The van der Waals surface area contributed by atoms with E-state index in [2.05, 4.69) is 52.9 Å². The first-order chi connectivity index (χ1) is 8.56. The number of aryl methyl sites for hydroxylation is 1. The normalized spacial score (nSPS) is 12.4. The van der Waals surface area contributed by atoms with E-state index in [4.69, 9.17) is 17.3 Å². The average Bonchev–Trinajstić information content (AvgIpc) is 2.32. The zero-order valence-corrected chi connectivity index (χ0v) is 13.1. The largest absolute Gasteiger partial charge is 0.324 e. The molecule has 3 heteroatoms. The molecule has 0 amide bonds. The maximum atomic E-state index is 6.24. The Balaban J connectivity index is 2.18. The van der Waals surface area contributed by atoms with E-state index in [1.165, 1.54) is 9.13 Å². The Hall–Kier alpha value is -0.580. The summed E-state index contributed by atoms with van der Waals surface area (Å²) >= 11 is 8.53. The van der Waals surface area contributed by atoms with Gasteiger partial charge >= 0.3 is 0 Å². The summed E-state index contributed by atoms with van der Waals surface area (Å²) in [6, 6.07) is 14.4. The highest BCUT2D eigenvalue weighted by atomic mass is 127. The van der Waals surface area contributed by atoms with Gasteiger partial charge in [-0.05, 0) is 70.8 Å². The molecule has 18 heavy (non-hydrogen) atoms. The molecule has 0 radical (unpaired) electrons. The number of hydrogen-bond donors (Lipinski definition) is 1. The average molecular weight is 372 g/mol.